The molecular formula is C11H18O. The molecule has 3 atom stereocenters. The quantitative estimate of drug-likeness (QED) is 0.547. The number of carbonyl (C=O) groups excluding carboxylic acids is 1. The lowest BCUT2D eigenvalue weighted by molar-refractivity contribution is -0.159. The second-order valence-electron chi connectivity index (χ2n) is 5.47. The maximum absolute atomic E-state index is 11.0. The molecule has 0 saturated heterocycles. The average molecular weight is 166 g/mol. The van der Waals surface area contributed by atoms with Crippen molar-refractivity contribution in [2.75, 3.05) is 0 Å². The van der Waals surface area contributed by atoms with E-state index in [9.17, 15) is 4.79 Å². The molecule has 68 valence electrons. The van der Waals surface area contributed by atoms with Gasteiger partial charge >= 0.3 is 0 Å². The third-order valence-electron chi connectivity index (χ3n) is 4.57. The molecule has 12 heavy (non-hydrogen) atoms. The van der Waals surface area contributed by atoms with Crippen LogP contribution in [0, 0.1) is 22.7 Å². The summed E-state index contributed by atoms with van der Waals surface area (Å²) in [7, 11) is 0. The molecule has 0 heterocycles. The number of fused-ring (bicyclic) bond motifs is 2. The number of rotatable bonds is 1. The molecule has 1 nitrogen and oxygen atoms in total. The second-order valence-corrected chi connectivity index (χ2v) is 5.47. The number of carbonyl (C=O) groups is 1. The van der Waals surface area contributed by atoms with Crippen LogP contribution in [0.4, 0.5) is 0 Å². The molecule has 1 heteroatoms. The van der Waals surface area contributed by atoms with Crippen LogP contribution in [0.25, 0.3) is 0 Å². The Bertz CT molecular complexity index is 217. The van der Waals surface area contributed by atoms with E-state index >= 15 is 0 Å². The Kier molecular flexibility index (Phi) is 1.47. The summed E-state index contributed by atoms with van der Waals surface area (Å²) in [5, 5.41) is 0. The predicted octanol–water partition coefficient (Wildman–Crippen LogP) is 2.65. The standard InChI is InChI=1S/C11H18O/c1-10(2)8-4-5-11(3,7-12)9(10)6-8/h7-9H,4-6H2,1-3H3/t8-,9-,11+/m0/s1. The van der Waals surface area contributed by atoms with Crippen LogP contribution in [-0.2, 0) is 4.79 Å². The summed E-state index contributed by atoms with van der Waals surface area (Å²) < 4.78 is 0. The van der Waals surface area contributed by atoms with Crippen molar-refractivity contribution in [1.29, 1.82) is 0 Å². The molecule has 0 amide bonds. The highest BCUT2D eigenvalue weighted by atomic mass is 16.1. The van der Waals surface area contributed by atoms with Crippen LogP contribution in [0.1, 0.15) is 40.0 Å². The molecule has 3 rings (SSSR count). The predicted molar refractivity (Wildman–Crippen MR) is 48.8 cm³/mol. The zero-order valence-corrected chi connectivity index (χ0v) is 8.26. The average Bonchev–Trinajstić information content (AvgIpc) is 2.04. The Morgan fingerprint density at radius 1 is 1.33 bits per heavy atom. The van der Waals surface area contributed by atoms with Gasteiger partial charge in [0.15, 0.2) is 0 Å². The molecule has 3 fully saturated rings. The Morgan fingerprint density at radius 3 is 2.33 bits per heavy atom. The van der Waals surface area contributed by atoms with E-state index in [1.54, 1.807) is 0 Å². The Hall–Kier alpha value is -0.330. The fourth-order valence-corrected chi connectivity index (χ4v) is 3.43. The molecule has 0 aromatic carbocycles. The third-order valence-corrected chi connectivity index (χ3v) is 4.57. The van der Waals surface area contributed by atoms with Crippen LogP contribution in [0.5, 0.6) is 0 Å². The summed E-state index contributed by atoms with van der Waals surface area (Å²) in [6.07, 6.45) is 4.88. The van der Waals surface area contributed by atoms with E-state index in [1.807, 2.05) is 0 Å². The van der Waals surface area contributed by atoms with Crippen LogP contribution >= 0.6 is 0 Å². The van der Waals surface area contributed by atoms with Crippen LogP contribution in [0.2, 0.25) is 0 Å². The lowest BCUT2D eigenvalue weighted by Crippen LogP contribution is -2.57. The lowest BCUT2D eigenvalue weighted by Gasteiger charge is -2.63. The van der Waals surface area contributed by atoms with Crippen LogP contribution in [-0.4, -0.2) is 6.29 Å². The first kappa shape index (κ1) is 8.28. The van der Waals surface area contributed by atoms with Gasteiger partial charge in [0, 0.05) is 5.41 Å². The zero-order valence-electron chi connectivity index (χ0n) is 8.26. The molecule has 0 aromatic rings. The van der Waals surface area contributed by atoms with Crippen molar-refractivity contribution in [3.8, 4) is 0 Å². The molecule has 0 N–H and O–H groups in total. The van der Waals surface area contributed by atoms with Gasteiger partial charge in [0.1, 0.15) is 6.29 Å². The van der Waals surface area contributed by atoms with E-state index in [0.29, 0.717) is 11.3 Å². The minimum absolute atomic E-state index is 0.00174. The molecule has 2 bridgehead atoms. The highest BCUT2D eigenvalue weighted by molar-refractivity contribution is 5.60. The summed E-state index contributed by atoms with van der Waals surface area (Å²) in [5.41, 5.74) is 0.437. The first-order valence-electron chi connectivity index (χ1n) is 4.97. The normalized spacial score (nSPS) is 49.6. The maximum atomic E-state index is 11.0. The second kappa shape index (κ2) is 2.12. The first-order chi connectivity index (χ1) is 5.50. The topological polar surface area (TPSA) is 17.1 Å². The summed E-state index contributed by atoms with van der Waals surface area (Å²) in [6, 6.07) is 0. The number of hydrogen-bond donors (Lipinski definition) is 0. The van der Waals surface area contributed by atoms with E-state index in [1.165, 1.54) is 19.1 Å². The van der Waals surface area contributed by atoms with Crippen molar-refractivity contribution in [3.05, 3.63) is 0 Å². The van der Waals surface area contributed by atoms with Gasteiger partial charge in [0.2, 0.25) is 0 Å². The fourth-order valence-electron chi connectivity index (χ4n) is 3.43. The van der Waals surface area contributed by atoms with Gasteiger partial charge in [0.25, 0.3) is 0 Å². The Morgan fingerprint density at radius 2 is 2.00 bits per heavy atom. The van der Waals surface area contributed by atoms with Crippen molar-refractivity contribution >= 4 is 6.29 Å². The fraction of sp³-hybridized carbons (Fsp3) is 0.909. The van der Waals surface area contributed by atoms with Crippen LogP contribution < -0.4 is 0 Å². The smallest absolute Gasteiger partial charge is 0.126 e. The molecule has 0 radical (unpaired) electrons. The third kappa shape index (κ3) is 0.773. The summed E-state index contributed by atoms with van der Waals surface area (Å²) in [5.74, 6) is 1.55. The maximum Gasteiger partial charge on any atom is 0.126 e. The van der Waals surface area contributed by atoms with Gasteiger partial charge in [-0.25, -0.2) is 0 Å². The summed E-state index contributed by atoms with van der Waals surface area (Å²) in [6.45, 7) is 6.79. The van der Waals surface area contributed by atoms with Gasteiger partial charge in [-0.1, -0.05) is 20.8 Å². The van der Waals surface area contributed by atoms with Crippen LogP contribution in [0.3, 0.4) is 0 Å². The number of hydrogen-bond acceptors (Lipinski definition) is 1. The van der Waals surface area contributed by atoms with Gasteiger partial charge < -0.3 is 4.79 Å². The first-order valence-corrected chi connectivity index (χ1v) is 4.97. The zero-order chi connectivity index (χ0) is 8.98. The summed E-state index contributed by atoms with van der Waals surface area (Å²) >= 11 is 0. The van der Waals surface area contributed by atoms with E-state index in [-0.39, 0.29) is 5.41 Å². The van der Waals surface area contributed by atoms with Crippen molar-refractivity contribution in [2.45, 2.75) is 40.0 Å². The van der Waals surface area contributed by atoms with Crippen molar-refractivity contribution in [2.24, 2.45) is 22.7 Å². The molecule has 0 aromatic heterocycles. The van der Waals surface area contributed by atoms with Crippen molar-refractivity contribution in [3.63, 3.8) is 0 Å². The summed E-state index contributed by atoms with van der Waals surface area (Å²) in [4.78, 5) is 11.0. The van der Waals surface area contributed by atoms with E-state index in [0.717, 1.165) is 12.3 Å². The molecule has 3 aliphatic carbocycles. The van der Waals surface area contributed by atoms with E-state index in [4.69, 9.17) is 0 Å². The van der Waals surface area contributed by atoms with Gasteiger partial charge in [-0.05, 0) is 36.5 Å². The Labute approximate surface area is 74.5 Å². The molecule has 0 spiro atoms. The van der Waals surface area contributed by atoms with Crippen molar-refractivity contribution in [1.82, 2.24) is 0 Å². The molecule has 0 aliphatic heterocycles. The van der Waals surface area contributed by atoms with Gasteiger partial charge in [-0.3, -0.25) is 0 Å². The monoisotopic (exact) mass is 166 g/mol. The van der Waals surface area contributed by atoms with Crippen LogP contribution in [0.15, 0.2) is 0 Å². The minimum atomic E-state index is -0.00174. The van der Waals surface area contributed by atoms with Gasteiger partial charge in [0.05, 0.1) is 0 Å². The van der Waals surface area contributed by atoms with E-state index in [2.05, 4.69) is 20.8 Å². The highest BCUT2D eigenvalue weighted by Gasteiger charge is 2.59. The lowest BCUT2D eigenvalue weighted by atomic mass is 9.41. The molecule has 3 saturated carbocycles. The molecule has 3 aliphatic rings. The Balaban J connectivity index is 2.27. The minimum Gasteiger partial charge on any atom is -0.303 e. The van der Waals surface area contributed by atoms with Gasteiger partial charge in [-0.15, -0.1) is 0 Å². The SMILES string of the molecule is CC1(C)[C@H]2CC[C@](C)(C=O)[C@H]1C2. The molecule has 0 unspecified atom stereocenters. The molecular weight excluding hydrogens is 148 g/mol. The van der Waals surface area contributed by atoms with Crippen molar-refractivity contribution < 1.29 is 4.79 Å². The number of aldehydes is 1. The van der Waals surface area contributed by atoms with E-state index < -0.39 is 0 Å². The highest BCUT2D eigenvalue weighted by Crippen LogP contribution is 2.65. The largest absolute Gasteiger partial charge is 0.303 e. The van der Waals surface area contributed by atoms with Gasteiger partial charge in [-0.2, -0.15) is 0 Å².